The quantitative estimate of drug-likeness (QED) is 0.766. The summed E-state index contributed by atoms with van der Waals surface area (Å²) in [5, 5.41) is 3.72. The maximum Gasteiger partial charge on any atom is 0.255 e. The third-order valence-electron chi connectivity index (χ3n) is 4.99. The first kappa shape index (κ1) is 20.3. The number of pyridine rings is 1. The van der Waals surface area contributed by atoms with Gasteiger partial charge in [0.2, 0.25) is 0 Å². The van der Waals surface area contributed by atoms with Gasteiger partial charge in [0, 0.05) is 19.3 Å². The molecule has 0 saturated carbocycles. The molecular weight excluding hydrogens is 378 g/mol. The number of benzene rings is 1. The number of amides is 1. The van der Waals surface area contributed by atoms with E-state index in [1.165, 1.54) is 6.42 Å². The third kappa shape index (κ3) is 4.50. The maximum absolute atomic E-state index is 12.6. The van der Waals surface area contributed by atoms with E-state index in [-0.39, 0.29) is 11.9 Å². The van der Waals surface area contributed by atoms with Crippen molar-refractivity contribution >= 4 is 23.3 Å². The fourth-order valence-corrected chi connectivity index (χ4v) is 3.57. The average molecular weight is 404 g/mol. The first-order valence-electron chi connectivity index (χ1n) is 9.46. The van der Waals surface area contributed by atoms with E-state index in [1.54, 1.807) is 26.5 Å². The lowest BCUT2D eigenvalue weighted by molar-refractivity contribution is 0.0724. The standard InChI is InChI=1S/C21H26ClN3O3/c1-14(15-7-8-18(27-2)19(12-15)28-3)24-20-17(22)11-16(13-23-20)21(26)25-9-5-4-6-10-25/h7-8,11-14H,4-6,9-10H2,1-3H3,(H,23,24). The summed E-state index contributed by atoms with van der Waals surface area (Å²) in [5.74, 6) is 1.87. The van der Waals surface area contributed by atoms with Gasteiger partial charge in [0.1, 0.15) is 5.82 Å². The van der Waals surface area contributed by atoms with Crippen molar-refractivity contribution in [2.75, 3.05) is 32.6 Å². The number of ether oxygens (including phenoxy) is 2. The Bertz CT molecular complexity index is 838. The molecule has 0 spiro atoms. The molecule has 0 bridgehead atoms. The molecule has 150 valence electrons. The lowest BCUT2D eigenvalue weighted by Gasteiger charge is -2.26. The van der Waals surface area contributed by atoms with Crippen LogP contribution < -0.4 is 14.8 Å². The molecule has 0 radical (unpaired) electrons. The molecule has 1 amide bonds. The molecule has 6 nitrogen and oxygen atoms in total. The summed E-state index contributed by atoms with van der Waals surface area (Å²) in [6, 6.07) is 7.37. The Kier molecular flexibility index (Phi) is 6.62. The zero-order chi connectivity index (χ0) is 20.1. The largest absolute Gasteiger partial charge is 0.493 e. The molecule has 1 saturated heterocycles. The Balaban J connectivity index is 1.73. The number of piperidine rings is 1. The highest BCUT2D eigenvalue weighted by molar-refractivity contribution is 6.33. The minimum Gasteiger partial charge on any atom is -0.493 e. The molecule has 3 rings (SSSR count). The van der Waals surface area contributed by atoms with Crippen molar-refractivity contribution < 1.29 is 14.3 Å². The minimum atomic E-state index is -0.0616. The topological polar surface area (TPSA) is 63.7 Å². The summed E-state index contributed by atoms with van der Waals surface area (Å²) in [5.41, 5.74) is 1.53. The van der Waals surface area contributed by atoms with Crippen LogP contribution in [-0.2, 0) is 0 Å². The number of anilines is 1. The number of carbonyl (C=O) groups is 1. The van der Waals surface area contributed by atoms with Crippen LogP contribution in [0, 0.1) is 0 Å². The number of likely N-dealkylation sites (tertiary alicyclic amines) is 1. The molecule has 0 aliphatic carbocycles. The summed E-state index contributed by atoms with van der Waals surface area (Å²) in [7, 11) is 3.21. The van der Waals surface area contributed by atoms with Crippen LogP contribution in [0.15, 0.2) is 30.5 Å². The van der Waals surface area contributed by atoms with Crippen LogP contribution in [-0.4, -0.2) is 43.1 Å². The number of methoxy groups -OCH3 is 2. The van der Waals surface area contributed by atoms with Gasteiger partial charge in [0.25, 0.3) is 5.91 Å². The first-order chi connectivity index (χ1) is 13.5. The molecule has 1 aromatic carbocycles. The third-order valence-corrected chi connectivity index (χ3v) is 5.28. The van der Waals surface area contributed by atoms with Gasteiger partial charge in [-0.2, -0.15) is 0 Å². The van der Waals surface area contributed by atoms with Crippen molar-refractivity contribution in [1.82, 2.24) is 9.88 Å². The number of nitrogens with zero attached hydrogens (tertiary/aromatic N) is 2. The summed E-state index contributed by atoms with van der Waals surface area (Å²) in [6.45, 7) is 3.60. The zero-order valence-electron chi connectivity index (χ0n) is 16.5. The van der Waals surface area contributed by atoms with Crippen molar-refractivity contribution in [1.29, 1.82) is 0 Å². The second-order valence-corrected chi connectivity index (χ2v) is 7.29. The highest BCUT2D eigenvalue weighted by Crippen LogP contribution is 2.32. The van der Waals surface area contributed by atoms with Crippen molar-refractivity contribution in [2.24, 2.45) is 0 Å². The Hall–Kier alpha value is -2.47. The maximum atomic E-state index is 12.6. The molecule has 7 heteroatoms. The molecule has 1 N–H and O–H groups in total. The smallest absolute Gasteiger partial charge is 0.255 e. The van der Waals surface area contributed by atoms with Gasteiger partial charge < -0.3 is 19.7 Å². The SMILES string of the molecule is COc1ccc(C(C)Nc2ncc(C(=O)N3CCCCC3)cc2Cl)cc1OC. The molecule has 1 aliphatic rings. The Morgan fingerprint density at radius 1 is 1.14 bits per heavy atom. The Morgan fingerprint density at radius 3 is 2.50 bits per heavy atom. The summed E-state index contributed by atoms with van der Waals surface area (Å²) >= 11 is 6.41. The second-order valence-electron chi connectivity index (χ2n) is 6.89. The molecule has 1 aromatic heterocycles. The van der Waals surface area contributed by atoms with Gasteiger partial charge in [-0.15, -0.1) is 0 Å². The van der Waals surface area contributed by atoms with E-state index in [2.05, 4.69) is 10.3 Å². The van der Waals surface area contributed by atoms with Crippen LogP contribution >= 0.6 is 11.6 Å². The lowest BCUT2D eigenvalue weighted by Crippen LogP contribution is -2.35. The van der Waals surface area contributed by atoms with Crippen molar-refractivity contribution in [3.63, 3.8) is 0 Å². The van der Waals surface area contributed by atoms with Crippen molar-refractivity contribution in [3.8, 4) is 11.5 Å². The van der Waals surface area contributed by atoms with Gasteiger partial charge >= 0.3 is 0 Å². The van der Waals surface area contributed by atoms with E-state index < -0.39 is 0 Å². The molecule has 2 aromatic rings. The average Bonchev–Trinajstić information content (AvgIpc) is 2.74. The number of hydrogen-bond donors (Lipinski definition) is 1. The van der Waals surface area contributed by atoms with Gasteiger partial charge in [0.15, 0.2) is 11.5 Å². The Labute approximate surface area is 170 Å². The van der Waals surface area contributed by atoms with E-state index in [0.717, 1.165) is 31.5 Å². The van der Waals surface area contributed by atoms with E-state index >= 15 is 0 Å². The normalized spacial score (nSPS) is 15.1. The Morgan fingerprint density at radius 2 is 1.86 bits per heavy atom. The van der Waals surface area contributed by atoms with Crippen LogP contribution in [0.3, 0.4) is 0 Å². The summed E-state index contributed by atoms with van der Waals surface area (Å²) in [4.78, 5) is 18.9. The number of rotatable bonds is 6. The van der Waals surface area contributed by atoms with Crippen LogP contribution in [0.2, 0.25) is 5.02 Å². The van der Waals surface area contributed by atoms with Gasteiger partial charge in [0.05, 0.1) is 30.8 Å². The number of carbonyl (C=O) groups excluding carboxylic acids is 1. The summed E-state index contributed by atoms with van der Waals surface area (Å²) < 4.78 is 10.6. The predicted octanol–water partition coefficient (Wildman–Crippen LogP) is 4.55. The van der Waals surface area contributed by atoms with Crippen molar-refractivity contribution in [3.05, 3.63) is 46.6 Å². The molecule has 28 heavy (non-hydrogen) atoms. The fourth-order valence-electron chi connectivity index (χ4n) is 3.35. The molecule has 1 aliphatic heterocycles. The van der Waals surface area contributed by atoms with E-state index in [0.29, 0.717) is 27.9 Å². The van der Waals surface area contributed by atoms with Crippen LogP contribution in [0.25, 0.3) is 0 Å². The molecule has 2 heterocycles. The molecule has 1 fully saturated rings. The monoisotopic (exact) mass is 403 g/mol. The minimum absolute atomic E-state index is 0.00594. The van der Waals surface area contributed by atoms with Gasteiger partial charge in [-0.25, -0.2) is 4.98 Å². The highest BCUT2D eigenvalue weighted by Gasteiger charge is 2.20. The molecule has 1 unspecified atom stereocenters. The van der Waals surface area contributed by atoms with Crippen molar-refractivity contribution in [2.45, 2.75) is 32.2 Å². The zero-order valence-corrected chi connectivity index (χ0v) is 17.3. The lowest BCUT2D eigenvalue weighted by atomic mass is 10.1. The van der Waals surface area contributed by atoms with Crippen LogP contribution in [0.1, 0.15) is 48.1 Å². The molecule has 1 atom stereocenters. The van der Waals surface area contributed by atoms with E-state index in [1.807, 2.05) is 30.0 Å². The van der Waals surface area contributed by atoms with Crippen LogP contribution in [0.4, 0.5) is 5.82 Å². The van der Waals surface area contributed by atoms with E-state index in [9.17, 15) is 4.79 Å². The number of hydrogen-bond acceptors (Lipinski definition) is 5. The second kappa shape index (κ2) is 9.15. The fraction of sp³-hybridized carbons (Fsp3) is 0.429. The van der Waals surface area contributed by atoms with E-state index in [4.69, 9.17) is 21.1 Å². The van der Waals surface area contributed by atoms with Gasteiger partial charge in [-0.05, 0) is 49.9 Å². The summed E-state index contributed by atoms with van der Waals surface area (Å²) in [6.07, 6.45) is 4.87. The van der Waals surface area contributed by atoms with Gasteiger partial charge in [-0.3, -0.25) is 4.79 Å². The van der Waals surface area contributed by atoms with Crippen LogP contribution in [0.5, 0.6) is 11.5 Å². The molecular formula is C21H26ClN3O3. The first-order valence-corrected chi connectivity index (χ1v) is 9.84. The number of aromatic nitrogens is 1. The predicted molar refractivity (Wildman–Crippen MR) is 111 cm³/mol. The van der Waals surface area contributed by atoms with Gasteiger partial charge in [-0.1, -0.05) is 17.7 Å². The number of halogens is 1. The number of nitrogens with one attached hydrogen (secondary N) is 1. The highest BCUT2D eigenvalue weighted by atomic mass is 35.5.